The van der Waals surface area contributed by atoms with E-state index in [-0.39, 0.29) is 18.3 Å². The zero-order valence-electron chi connectivity index (χ0n) is 12.5. The highest BCUT2D eigenvalue weighted by molar-refractivity contribution is 7.18. The SMILES string of the molecule is CC1(C)OB(CCc2nc3ccccc3s2)OC1(C)C. The Balaban J connectivity index is 1.66. The number of para-hydroxylation sites is 1. The molecule has 1 aromatic heterocycles. The van der Waals surface area contributed by atoms with Gasteiger partial charge in [-0.15, -0.1) is 11.3 Å². The minimum absolute atomic E-state index is 0.132. The molecule has 0 radical (unpaired) electrons. The number of aryl methyl sites for hydroxylation is 1. The minimum atomic E-state index is -0.245. The first kappa shape index (κ1) is 14.0. The van der Waals surface area contributed by atoms with Crippen LogP contribution in [0.4, 0.5) is 0 Å². The van der Waals surface area contributed by atoms with Gasteiger partial charge in [0.2, 0.25) is 0 Å². The average Bonchev–Trinajstić information content (AvgIpc) is 2.85. The quantitative estimate of drug-likeness (QED) is 0.802. The molecule has 0 bridgehead atoms. The Morgan fingerprint density at radius 2 is 1.75 bits per heavy atom. The summed E-state index contributed by atoms with van der Waals surface area (Å²) in [5, 5.41) is 1.15. The zero-order chi connectivity index (χ0) is 14.4. The van der Waals surface area contributed by atoms with Crippen molar-refractivity contribution < 1.29 is 9.31 Å². The summed E-state index contributed by atoms with van der Waals surface area (Å²) in [6, 6.07) is 8.26. The summed E-state index contributed by atoms with van der Waals surface area (Å²) >= 11 is 1.76. The van der Waals surface area contributed by atoms with E-state index in [0.717, 1.165) is 23.3 Å². The van der Waals surface area contributed by atoms with Crippen molar-refractivity contribution in [2.45, 2.75) is 51.6 Å². The second-order valence-electron chi connectivity index (χ2n) is 6.30. The summed E-state index contributed by atoms with van der Waals surface area (Å²) in [5.41, 5.74) is 0.595. The van der Waals surface area contributed by atoms with Gasteiger partial charge in [0, 0.05) is 0 Å². The zero-order valence-corrected chi connectivity index (χ0v) is 13.3. The molecule has 1 aliphatic rings. The maximum atomic E-state index is 6.01. The summed E-state index contributed by atoms with van der Waals surface area (Å²) in [6.45, 7) is 8.35. The van der Waals surface area contributed by atoms with Gasteiger partial charge >= 0.3 is 7.12 Å². The molecule has 0 saturated carbocycles. The molecule has 3 rings (SSSR count). The molecule has 1 aliphatic heterocycles. The van der Waals surface area contributed by atoms with Gasteiger partial charge in [0.25, 0.3) is 0 Å². The van der Waals surface area contributed by atoms with Crippen LogP contribution in [0.2, 0.25) is 6.32 Å². The minimum Gasteiger partial charge on any atom is -0.403 e. The second-order valence-corrected chi connectivity index (χ2v) is 7.42. The van der Waals surface area contributed by atoms with Crippen LogP contribution >= 0.6 is 11.3 Å². The van der Waals surface area contributed by atoms with Crippen LogP contribution in [-0.2, 0) is 15.7 Å². The van der Waals surface area contributed by atoms with Crippen LogP contribution in [0.1, 0.15) is 32.7 Å². The third-order valence-electron chi connectivity index (χ3n) is 4.23. The summed E-state index contributed by atoms with van der Waals surface area (Å²) < 4.78 is 13.3. The third kappa shape index (κ3) is 2.50. The first-order chi connectivity index (χ1) is 9.37. The highest BCUT2D eigenvalue weighted by Gasteiger charge is 2.50. The molecule has 0 atom stereocenters. The number of aromatic nitrogens is 1. The van der Waals surface area contributed by atoms with Crippen LogP contribution in [0.3, 0.4) is 0 Å². The largest absolute Gasteiger partial charge is 0.458 e. The van der Waals surface area contributed by atoms with Crippen molar-refractivity contribution in [3.8, 4) is 0 Å². The molecule has 0 N–H and O–H groups in total. The molecule has 0 aliphatic carbocycles. The molecule has 1 aromatic carbocycles. The normalized spacial score (nSPS) is 20.7. The molecule has 0 unspecified atom stereocenters. The lowest BCUT2D eigenvalue weighted by atomic mass is 9.83. The molecule has 5 heteroatoms. The Bertz CT molecular complexity index is 574. The first-order valence-electron chi connectivity index (χ1n) is 7.07. The van der Waals surface area contributed by atoms with Crippen LogP contribution in [-0.4, -0.2) is 23.3 Å². The predicted octanol–water partition coefficient (Wildman–Crippen LogP) is 3.93. The Kier molecular flexibility index (Phi) is 3.39. The van der Waals surface area contributed by atoms with Gasteiger partial charge in [-0.3, -0.25) is 0 Å². The van der Waals surface area contributed by atoms with E-state index in [2.05, 4.69) is 50.9 Å². The lowest BCUT2D eigenvalue weighted by Gasteiger charge is -2.32. The molecule has 2 aromatic rings. The molecular formula is C15H20BNO2S. The van der Waals surface area contributed by atoms with E-state index in [1.807, 2.05) is 6.07 Å². The summed E-state index contributed by atoms with van der Waals surface area (Å²) in [6.07, 6.45) is 1.75. The number of nitrogens with zero attached hydrogens (tertiary/aromatic N) is 1. The van der Waals surface area contributed by atoms with Crippen molar-refractivity contribution in [3.05, 3.63) is 29.3 Å². The fourth-order valence-electron chi connectivity index (χ4n) is 2.35. The van der Waals surface area contributed by atoms with Crippen LogP contribution < -0.4 is 0 Å². The Hall–Kier alpha value is -0.905. The standard InChI is InChI=1S/C15H20BNO2S/c1-14(2)15(3,4)19-16(18-14)10-9-13-17-11-7-5-6-8-12(11)20-13/h5-8H,9-10H2,1-4H3. The van der Waals surface area contributed by atoms with Crippen LogP contribution in [0.5, 0.6) is 0 Å². The number of hydrogen-bond acceptors (Lipinski definition) is 4. The van der Waals surface area contributed by atoms with Gasteiger partial charge in [-0.05, 0) is 52.6 Å². The fraction of sp³-hybridized carbons (Fsp3) is 0.533. The van der Waals surface area contributed by atoms with E-state index in [1.165, 1.54) is 4.70 Å². The number of fused-ring (bicyclic) bond motifs is 1. The van der Waals surface area contributed by atoms with E-state index >= 15 is 0 Å². The number of hydrogen-bond donors (Lipinski definition) is 0. The predicted molar refractivity (Wildman–Crippen MR) is 84.2 cm³/mol. The molecule has 1 fully saturated rings. The molecule has 2 heterocycles. The van der Waals surface area contributed by atoms with E-state index in [1.54, 1.807) is 11.3 Å². The summed E-state index contributed by atoms with van der Waals surface area (Å²) in [4.78, 5) is 4.65. The smallest absolute Gasteiger partial charge is 0.403 e. The molecule has 3 nitrogen and oxygen atoms in total. The van der Waals surface area contributed by atoms with Crippen molar-refractivity contribution in [1.82, 2.24) is 4.98 Å². The van der Waals surface area contributed by atoms with Crippen molar-refractivity contribution in [2.24, 2.45) is 0 Å². The fourth-order valence-corrected chi connectivity index (χ4v) is 3.33. The molecule has 0 amide bonds. The van der Waals surface area contributed by atoms with Crippen LogP contribution in [0.15, 0.2) is 24.3 Å². The molecule has 0 spiro atoms. The Morgan fingerprint density at radius 3 is 2.40 bits per heavy atom. The summed E-state index contributed by atoms with van der Waals surface area (Å²) in [5.74, 6) is 0. The maximum Gasteiger partial charge on any atom is 0.458 e. The van der Waals surface area contributed by atoms with Crippen molar-refractivity contribution in [3.63, 3.8) is 0 Å². The van der Waals surface area contributed by atoms with Crippen LogP contribution in [0, 0.1) is 0 Å². The van der Waals surface area contributed by atoms with E-state index < -0.39 is 0 Å². The van der Waals surface area contributed by atoms with Gasteiger partial charge in [0.15, 0.2) is 0 Å². The van der Waals surface area contributed by atoms with Crippen molar-refractivity contribution >= 4 is 28.7 Å². The van der Waals surface area contributed by atoms with Gasteiger partial charge in [-0.1, -0.05) is 12.1 Å². The van der Waals surface area contributed by atoms with Gasteiger partial charge in [-0.2, -0.15) is 0 Å². The number of thiazole rings is 1. The lowest BCUT2D eigenvalue weighted by Crippen LogP contribution is -2.41. The summed E-state index contributed by atoms with van der Waals surface area (Å²) in [7, 11) is -0.132. The Labute approximate surface area is 124 Å². The van der Waals surface area contributed by atoms with E-state index in [4.69, 9.17) is 9.31 Å². The Morgan fingerprint density at radius 1 is 1.10 bits per heavy atom. The maximum absolute atomic E-state index is 6.01. The van der Waals surface area contributed by atoms with Gasteiger partial charge in [0.1, 0.15) is 0 Å². The van der Waals surface area contributed by atoms with Gasteiger partial charge in [0.05, 0.1) is 26.4 Å². The average molecular weight is 289 g/mol. The first-order valence-corrected chi connectivity index (χ1v) is 7.89. The molecular weight excluding hydrogens is 269 g/mol. The number of benzene rings is 1. The molecule has 106 valence electrons. The monoisotopic (exact) mass is 289 g/mol. The highest BCUT2D eigenvalue weighted by atomic mass is 32.1. The van der Waals surface area contributed by atoms with E-state index in [0.29, 0.717) is 0 Å². The number of rotatable bonds is 3. The van der Waals surface area contributed by atoms with Crippen molar-refractivity contribution in [1.29, 1.82) is 0 Å². The van der Waals surface area contributed by atoms with Gasteiger partial charge < -0.3 is 9.31 Å². The molecule has 1 saturated heterocycles. The third-order valence-corrected chi connectivity index (χ3v) is 5.33. The topological polar surface area (TPSA) is 31.4 Å². The molecule has 20 heavy (non-hydrogen) atoms. The van der Waals surface area contributed by atoms with Crippen molar-refractivity contribution in [2.75, 3.05) is 0 Å². The van der Waals surface area contributed by atoms with Crippen LogP contribution in [0.25, 0.3) is 10.2 Å². The highest BCUT2D eigenvalue weighted by Crippen LogP contribution is 2.38. The van der Waals surface area contributed by atoms with E-state index in [9.17, 15) is 0 Å². The second kappa shape index (κ2) is 4.83. The van der Waals surface area contributed by atoms with Gasteiger partial charge in [-0.25, -0.2) is 4.98 Å². The lowest BCUT2D eigenvalue weighted by molar-refractivity contribution is 0.00578.